The molecule has 0 N–H and O–H groups in total. The Morgan fingerprint density at radius 2 is 1.52 bits per heavy atom. The van der Waals surface area contributed by atoms with Crippen LogP contribution in [0.2, 0.25) is 0 Å². The van der Waals surface area contributed by atoms with E-state index in [1.807, 2.05) is 6.07 Å². The largest absolute Gasteiger partial charge is 0.493 e. The summed E-state index contributed by atoms with van der Waals surface area (Å²) in [6.45, 7) is 8.42. The molecule has 0 bridgehead atoms. The maximum absolute atomic E-state index is 5.86. The number of rotatable bonds is 4. The fraction of sp³-hybridized carbons (Fsp3) is 0.455. The van der Waals surface area contributed by atoms with E-state index in [1.54, 1.807) is 0 Å². The molecule has 1 fully saturated rings. The van der Waals surface area contributed by atoms with Gasteiger partial charge in [0.1, 0.15) is 19.0 Å². The van der Waals surface area contributed by atoms with Crippen LogP contribution in [0, 0.1) is 0 Å². The molecule has 0 spiro atoms. The lowest BCUT2D eigenvalue weighted by Gasteiger charge is -2.35. The minimum absolute atomic E-state index is 0.641. The van der Waals surface area contributed by atoms with Crippen molar-refractivity contribution in [1.29, 1.82) is 0 Å². The number of fused-ring (bicyclic) bond motifs is 2. The van der Waals surface area contributed by atoms with E-state index in [-0.39, 0.29) is 0 Å². The molecule has 5 heteroatoms. The predicted molar refractivity (Wildman–Crippen MR) is 104 cm³/mol. The van der Waals surface area contributed by atoms with Crippen molar-refractivity contribution in [1.82, 2.24) is 9.80 Å². The van der Waals surface area contributed by atoms with E-state index in [9.17, 15) is 0 Å². The quantitative estimate of drug-likeness (QED) is 0.831. The molecule has 0 atom stereocenters. The number of piperazine rings is 1. The summed E-state index contributed by atoms with van der Waals surface area (Å²) in [6, 6.07) is 12.9. The molecule has 2 aromatic rings. The summed E-state index contributed by atoms with van der Waals surface area (Å²) in [7, 11) is 0. The topological polar surface area (TPSA) is 34.2 Å². The van der Waals surface area contributed by atoms with Gasteiger partial charge < -0.3 is 14.2 Å². The van der Waals surface area contributed by atoms with E-state index in [0.717, 1.165) is 69.5 Å². The minimum Gasteiger partial charge on any atom is -0.493 e. The van der Waals surface area contributed by atoms with E-state index in [1.165, 1.54) is 16.7 Å². The summed E-state index contributed by atoms with van der Waals surface area (Å²) in [5, 5.41) is 0. The molecule has 5 rings (SSSR count). The van der Waals surface area contributed by atoms with Crippen LogP contribution in [0.1, 0.15) is 16.7 Å². The van der Waals surface area contributed by atoms with Gasteiger partial charge >= 0.3 is 0 Å². The molecule has 27 heavy (non-hydrogen) atoms. The van der Waals surface area contributed by atoms with Gasteiger partial charge in [0.2, 0.25) is 0 Å². The first-order valence-corrected chi connectivity index (χ1v) is 9.92. The van der Waals surface area contributed by atoms with Crippen molar-refractivity contribution in [2.75, 3.05) is 46.0 Å². The monoisotopic (exact) mass is 366 g/mol. The molecule has 0 aromatic heterocycles. The Kier molecular flexibility index (Phi) is 4.64. The Bertz CT molecular complexity index is 815. The van der Waals surface area contributed by atoms with Crippen LogP contribution >= 0.6 is 0 Å². The summed E-state index contributed by atoms with van der Waals surface area (Å²) in [4.78, 5) is 5.06. The average Bonchev–Trinajstić information content (AvgIpc) is 3.19. The lowest BCUT2D eigenvalue weighted by Crippen LogP contribution is -2.45. The van der Waals surface area contributed by atoms with Crippen LogP contribution in [0.15, 0.2) is 36.4 Å². The third kappa shape index (κ3) is 3.62. The molecular formula is C22H26N2O3. The summed E-state index contributed by atoms with van der Waals surface area (Å²) in [6.07, 6.45) is 1.05. The average molecular weight is 366 g/mol. The van der Waals surface area contributed by atoms with Crippen LogP contribution in [0.25, 0.3) is 0 Å². The highest BCUT2D eigenvalue weighted by atomic mass is 16.6. The highest BCUT2D eigenvalue weighted by Gasteiger charge is 2.21. The van der Waals surface area contributed by atoms with Gasteiger partial charge in [0, 0.05) is 51.3 Å². The van der Waals surface area contributed by atoms with E-state index >= 15 is 0 Å². The molecule has 3 aliphatic rings. The molecule has 0 unspecified atom stereocenters. The second kappa shape index (κ2) is 7.41. The van der Waals surface area contributed by atoms with Gasteiger partial charge in [-0.05, 0) is 23.3 Å². The van der Waals surface area contributed by atoms with Crippen molar-refractivity contribution in [2.45, 2.75) is 19.5 Å². The number of nitrogens with zero attached hydrogens (tertiary/aromatic N) is 2. The van der Waals surface area contributed by atoms with Crippen LogP contribution < -0.4 is 14.2 Å². The van der Waals surface area contributed by atoms with E-state index < -0.39 is 0 Å². The number of para-hydroxylation sites is 1. The maximum Gasteiger partial charge on any atom is 0.161 e. The third-order valence-corrected chi connectivity index (χ3v) is 5.67. The highest BCUT2D eigenvalue weighted by molar-refractivity contribution is 5.44. The first-order valence-electron chi connectivity index (χ1n) is 9.92. The SMILES string of the molecule is c1cc2c(c(CN3CCN(Cc4ccc5c(c4)OCCO5)CC3)c1)OCC2. The Morgan fingerprint density at radius 3 is 2.37 bits per heavy atom. The summed E-state index contributed by atoms with van der Waals surface area (Å²) >= 11 is 0. The van der Waals surface area contributed by atoms with Crippen molar-refractivity contribution >= 4 is 0 Å². The Hall–Kier alpha value is -2.24. The van der Waals surface area contributed by atoms with Gasteiger partial charge in [0.25, 0.3) is 0 Å². The van der Waals surface area contributed by atoms with Gasteiger partial charge in [-0.3, -0.25) is 9.80 Å². The first kappa shape index (κ1) is 16.9. The third-order valence-electron chi connectivity index (χ3n) is 5.67. The number of hydrogen-bond acceptors (Lipinski definition) is 5. The first-order chi connectivity index (χ1) is 13.3. The molecule has 2 aromatic carbocycles. The highest BCUT2D eigenvalue weighted by Crippen LogP contribution is 2.32. The smallest absolute Gasteiger partial charge is 0.161 e. The minimum atomic E-state index is 0.641. The van der Waals surface area contributed by atoms with E-state index in [4.69, 9.17) is 14.2 Å². The standard InChI is InChI=1S/C22H26N2O3/c1-2-18-6-11-27-22(18)19(3-1)16-24-9-7-23(8-10-24)15-17-4-5-20-21(14-17)26-13-12-25-20/h1-5,14H,6-13,15-16H2. The van der Waals surface area contributed by atoms with Crippen molar-refractivity contribution in [3.8, 4) is 17.2 Å². The maximum atomic E-state index is 5.86. The van der Waals surface area contributed by atoms with E-state index in [0.29, 0.717) is 13.2 Å². The Morgan fingerprint density at radius 1 is 0.741 bits per heavy atom. The molecule has 0 amide bonds. The van der Waals surface area contributed by atoms with Crippen LogP contribution in [0.4, 0.5) is 0 Å². The predicted octanol–water partition coefficient (Wildman–Crippen LogP) is 2.71. The van der Waals surface area contributed by atoms with Gasteiger partial charge in [0.05, 0.1) is 6.61 Å². The molecule has 142 valence electrons. The fourth-order valence-corrected chi connectivity index (χ4v) is 4.20. The fourth-order valence-electron chi connectivity index (χ4n) is 4.20. The van der Waals surface area contributed by atoms with Gasteiger partial charge in [0.15, 0.2) is 11.5 Å². The summed E-state index contributed by atoms with van der Waals surface area (Å²) in [5.74, 6) is 2.89. The number of hydrogen-bond donors (Lipinski definition) is 0. The molecule has 3 aliphatic heterocycles. The lowest BCUT2D eigenvalue weighted by atomic mass is 10.1. The van der Waals surface area contributed by atoms with Crippen molar-refractivity contribution in [3.05, 3.63) is 53.1 Å². The molecular weight excluding hydrogens is 340 g/mol. The molecule has 0 radical (unpaired) electrons. The van der Waals surface area contributed by atoms with Gasteiger partial charge in [-0.2, -0.15) is 0 Å². The summed E-state index contributed by atoms with van der Waals surface area (Å²) < 4.78 is 17.2. The van der Waals surface area contributed by atoms with Crippen LogP contribution in [-0.2, 0) is 19.5 Å². The zero-order valence-corrected chi connectivity index (χ0v) is 15.7. The Balaban J connectivity index is 1.17. The molecule has 0 saturated carbocycles. The lowest BCUT2D eigenvalue weighted by molar-refractivity contribution is 0.121. The Labute approximate surface area is 160 Å². The molecule has 5 nitrogen and oxygen atoms in total. The normalized spacial score (nSPS) is 19.6. The second-order valence-electron chi connectivity index (χ2n) is 7.53. The molecule has 1 saturated heterocycles. The van der Waals surface area contributed by atoms with Gasteiger partial charge in [-0.15, -0.1) is 0 Å². The molecule has 3 heterocycles. The van der Waals surface area contributed by atoms with Crippen LogP contribution in [0.5, 0.6) is 17.2 Å². The zero-order valence-electron chi connectivity index (χ0n) is 15.7. The number of ether oxygens (including phenoxy) is 3. The number of benzene rings is 2. The van der Waals surface area contributed by atoms with Crippen molar-refractivity contribution < 1.29 is 14.2 Å². The second-order valence-corrected chi connectivity index (χ2v) is 7.53. The van der Waals surface area contributed by atoms with Crippen molar-refractivity contribution in [2.24, 2.45) is 0 Å². The molecule has 0 aliphatic carbocycles. The van der Waals surface area contributed by atoms with Crippen LogP contribution in [0.3, 0.4) is 0 Å². The van der Waals surface area contributed by atoms with E-state index in [2.05, 4.69) is 40.1 Å². The van der Waals surface area contributed by atoms with Crippen LogP contribution in [-0.4, -0.2) is 55.8 Å². The van der Waals surface area contributed by atoms with Gasteiger partial charge in [-0.25, -0.2) is 0 Å². The van der Waals surface area contributed by atoms with Crippen molar-refractivity contribution in [3.63, 3.8) is 0 Å². The zero-order chi connectivity index (χ0) is 18.1. The van der Waals surface area contributed by atoms with Gasteiger partial charge in [-0.1, -0.05) is 24.3 Å². The summed E-state index contributed by atoms with van der Waals surface area (Å²) in [5.41, 5.74) is 4.00.